The van der Waals surface area contributed by atoms with Gasteiger partial charge in [0.1, 0.15) is 6.54 Å². The lowest BCUT2D eigenvalue weighted by Gasteiger charge is -2.19. The molecule has 0 aromatic carbocycles. The van der Waals surface area contributed by atoms with Gasteiger partial charge < -0.3 is 10.0 Å². The fourth-order valence-corrected chi connectivity index (χ4v) is 1.28. The number of aliphatic carboxylic acids is 1. The average molecular weight is 197 g/mol. The Balaban J connectivity index is 2.44. The molecule has 0 saturated heterocycles. The highest BCUT2D eigenvalue weighted by Gasteiger charge is 2.27. The Hall–Kier alpha value is -1.32. The first kappa shape index (κ1) is 10.8. The molecule has 0 aromatic heterocycles. The van der Waals surface area contributed by atoms with Crippen molar-refractivity contribution in [2.45, 2.75) is 19.3 Å². The molecule has 0 aromatic rings. The molecule has 0 heterocycles. The number of carbonyl (C=O) groups is 2. The summed E-state index contributed by atoms with van der Waals surface area (Å²) in [5.41, 5.74) is 0. The lowest BCUT2D eigenvalue weighted by atomic mass is 10.3. The van der Waals surface area contributed by atoms with Gasteiger partial charge in [-0.25, -0.2) is 0 Å². The Bertz CT molecular complexity index is 246. The Labute approximate surface area is 83.2 Å². The third kappa shape index (κ3) is 3.60. The first-order valence-corrected chi connectivity index (χ1v) is 4.74. The Morgan fingerprint density at radius 3 is 2.57 bits per heavy atom. The third-order valence-electron chi connectivity index (χ3n) is 2.17. The second kappa shape index (κ2) is 4.79. The topological polar surface area (TPSA) is 57.6 Å². The fourth-order valence-electron chi connectivity index (χ4n) is 1.28. The van der Waals surface area contributed by atoms with Gasteiger partial charge in [-0.05, 0) is 18.8 Å². The number of hydrogen-bond acceptors (Lipinski definition) is 2. The Morgan fingerprint density at radius 2 is 2.14 bits per heavy atom. The summed E-state index contributed by atoms with van der Waals surface area (Å²) in [6, 6.07) is 0. The van der Waals surface area contributed by atoms with Crippen LogP contribution in [0.25, 0.3) is 0 Å². The van der Waals surface area contributed by atoms with Crippen LogP contribution in [-0.2, 0) is 9.59 Å². The largest absolute Gasteiger partial charge is 0.480 e. The molecule has 0 bridgehead atoms. The molecule has 1 aliphatic rings. The number of amides is 1. The highest BCUT2D eigenvalue weighted by molar-refractivity contribution is 5.82. The summed E-state index contributed by atoms with van der Waals surface area (Å²) in [6.45, 7) is 3.85. The molecule has 1 amide bonds. The van der Waals surface area contributed by atoms with Gasteiger partial charge in [0.2, 0.25) is 5.91 Å². The van der Waals surface area contributed by atoms with Gasteiger partial charge in [0.15, 0.2) is 0 Å². The van der Waals surface area contributed by atoms with Crippen molar-refractivity contribution in [1.29, 1.82) is 0 Å². The maximum Gasteiger partial charge on any atom is 0.323 e. The van der Waals surface area contributed by atoms with E-state index in [9.17, 15) is 9.59 Å². The van der Waals surface area contributed by atoms with Gasteiger partial charge in [-0.1, -0.05) is 6.08 Å². The van der Waals surface area contributed by atoms with E-state index in [4.69, 9.17) is 5.11 Å². The molecule has 4 heteroatoms. The second-order valence-corrected chi connectivity index (χ2v) is 3.60. The predicted molar refractivity (Wildman–Crippen MR) is 51.8 cm³/mol. The van der Waals surface area contributed by atoms with Crippen molar-refractivity contribution < 1.29 is 14.7 Å². The van der Waals surface area contributed by atoms with E-state index in [2.05, 4.69) is 6.58 Å². The van der Waals surface area contributed by atoms with E-state index in [1.165, 1.54) is 11.0 Å². The monoisotopic (exact) mass is 197 g/mol. The van der Waals surface area contributed by atoms with Crippen molar-refractivity contribution >= 4 is 11.9 Å². The smallest absolute Gasteiger partial charge is 0.323 e. The molecule has 0 atom stereocenters. The van der Waals surface area contributed by atoms with Crippen LogP contribution < -0.4 is 0 Å². The van der Waals surface area contributed by atoms with E-state index in [1.807, 2.05) is 0 Å². The Kier molecular flexibility index (Phi) is 3.68. The van der Waals surface area contributed by atoms with E-state index in [0.717, 1.165) is 12.8 Å². The van der Waals surface area contributed by atoms with Gasteiger partial charge in [-0.2, -0.15) is 0 Å². The molecule has 1 fully saturated rings. The van der Waals surface area contributed by atoms with Crippen LogP contribution in [0.15, 0.2) is 12.7 Å². The lowest BCUT2D eigenvalue weighted by Crippen LogP contribution is -2.36. The molecule has 1 saturated carbocycles. The molecule has 1 rings (SSSR count). The van der Waals surface area contributed by atoms with Crippen LogP contribution >= 0.6 is 0 Å². The fraction of sp³-hybridized carbons (Fsp3) is 0.600. The van der Waals surface area contributed by atoms with Crippen molar-refractivity contribution in [3.8, 4) is 0 Å². The minimum absolute atomic E-state index is 0.144. The van der Waals surface area contributed by atoms with Crippen LogP contribution in [0.1, 0.15) is 19.3 Å². The molecule has 78 valence electrons. The van der Waals surface area contributed by atoms with E-state index in [1.54, 1.807) is 0 Å². The van der Waals surface area contributed by atoms with E-state index >= 15 is 0 Å². The standard InChI is InChI=1S/C10H15NO3/c1-2-3-9(12)11(7-10(13)14)6-8-4-5-8/h2,8H,1,3-7H2,(H,13,14). The van der Waals surface area contributed by atoms with Crippen LogP contribution in [0, 0.1) is 5.92 Å². The van der Waals surface area contributed by atoms with Crippen molar-refractivity contribution in [3.05, 3.63) is 12.7 Å². The normalized spacial score (nSPS) is 14.9. The predicted octanol–water partition coefficient (Wildman–Crippen LogP) is 0.886. The van der Waals surface area contributed by atoms with Gasteiger partial charge in [0, 0.05) is 13.0 Å². The summed E-state index contributed by atoms with van der Waals surface area (Å²) < 4.78 is 0. The quantitative estimate of drug-likeness (QED) is 0.643. The number of nitrogens with zero attached hydrogens (tertiary/aromatic N) is 1. The number of carbonyl (C=O) groups excluding carboxylic acids is 1. The summed E-state index contributed by atoms with van der Waals surface area (Å²) in [4.78, 5) is 23.3. The van der Waals surface area contributed by atoms with E-state index < -0.39 is 5.97 Å². The zero-order valence-electron chi connectivity index (χ0n) is 8.11. The summed E-state index contributed by atoms with van der Waals surface area (Å²) in [5.74, 6) is -0.583. The highest BCUT2D eigenvalue weighted by atomic mass is 16.4. The van der Waals surface area contributed by atoms with Crippen LogP contribution in [0.3, 0.4) is 0 Å². The summed E-state index contributed by atoms with van der Waals surface area (Å²) in [6.07, 6.45) is 3.94. The maximum absolute atomic E-state index is 11.4. The molecule has 0 radical (unpaired) electrons. The molecule has 4 nitrogen and oxygen atoms in total. The van der Waals surface area contributed by atoms with Crippen LogP contribution in [0.5, 0.6) is 0 Å². The minimum Gasteiger partial charge on any atom is -0.480 e. The molecular formula is C10H15NO3. The number of carboxylic acid groups (broad SMARTS) is 1. The lowest BCUT2D eigenvalue weighted by molar-refractivity contribution is -0.144. The molecule has 0 spiro atoms. The van der Waals surface area contributed by atoms with E-state index in [0.29, 0.717) is 12.5 Å². The van der Waals surface area contributed by atoms with Gasteiger partial charge in [0.25, 0.3) is 0 Å². The van der Waals surface area contributed by atoms with Crippen molar-refractivity contribution in [2.75, 3.05) is 13.1 Å². The van der Waals surface area contributed by atoms with E-state index in [-0.39, 0.29) is 18.9 Å². The Morgan fingerprint density at radius 1 is 1.50 bits per heavy atom. The van der Waals surface area contributed by atoms with Crippen LogP contribution in [-0.4, -0.2) is 35.0 Å². The number of rotatable bonds is 6. The summed E-state index contributed by atoms with van der Waals surface area (Å²) in [7, 11) is 0. The van der Waals surface area contributed by atoms with Crippen molar-refractivity contribution in [3.63, 3.8) is 0 Å². The number of hydrogen-bond donors (Lipinski definition) is 1. The average Bonchev–Trinajstić information content (AvgIpc) is 2.86. The molecule has 0 aliphatic heterocycles. The zero-order valence-corrected chi connectivity index (χ0v) is 8.11. The van der Waals surface area contributed by atoms with Crippen molar-refractivity contribution in [2.24, 2.45) is 5.92 Å². The van der Waals surface area contributed by atoms with Gasteiger partial charge in [-0.3, -0.25) is 9.59 Å². The number of carboxylic acids is 1. The first-order chi connectivity index (χ1) is 6.63. The first-order valence-electron chi connectivity index (χ1n) is 4.74. The van der Waals surface area contributed by atoms with Gasteiger partial charge in [-0.15, -0.1) is 6.58 Å². The van der Waals surface area contributed by atoms with Gasteiger partial charge in [0.05, 0.1) is 0 Å². The third-order valence-corrected chi connectivity index (χ3v) is 2.17. The van der Waals surface area contributed by atoms with Gasteiger partial charge >= 0.3 is 5.97 Å². The van der Waals surface area contributed by atoms with Crippen LogP contribution in [0.4, 0.5) is 0 Å². The molecule has 1 aliphatic carbocycles. The maximum atomic E-state index is 11.4. The molecule has 1 N–H and O–H groups in total. The molecule has 14 heavy (non-hydrogen) atoms. The molecule has 0 unspecified atom stereocenters. The minimum atomic E-state index is -0.955. The highest BCUT2D eigenvalue weighted by Crippen LogP contribution is 2.29. The SMILES string of the molecule is C=CCC(=O)N(CC(=O)O)CC1CC1. The van der Waals surface area contributed by atoms with Crippen LogP contribution in [0.2, 0.25) is 0 Å². The van der Waals surface area contributed by atoms with Crippen molar-refractivity contribution in [1.82, 2.24) is 4.90 Å². The molecular weight excluding hydrogens is 182 g/mol. The summed E-state index contributed by atoms with van der Waals surface area (Å²) in [5, 5.41) is 8.61. The second-order valence-electron chi connectivity index (χ2n) is 3.60. The zero-order chi connectivity index (χ0) is 10.6. The summed E-state index contributed by atoms with van der Waals surface area (Å²) >= 11 is 0.